The van der Waals surface area contributed by atoms with Gasteiger partial charge in [-0.2, -0.15) is 0 Å². The lowest BCUT2D eigenvalue weighted by atomic mass is 9.95. The van der Waals surface area contributed by atoms with Gasteiger partial charge in [-0.3, -0.25) is 0 Å². The first kappa shape index (κ1) is 8.76. The molecule has 0 aliphatic heterocycles. The van der Waals surface area contributed by atoms with Gasteiger partial charge in [0.1, 0.15) is 0 Å². The summed E-state index contributed by atoms with van der Waals surface area (Å²) < 4.78 is 0. The van der Waals surface area contributed by atoms with E-state index >= 15 is 0 Å². The van der Waals surface area contributed by atoms with Gasteiger partial charge in [-0.1, -0.05) is 37.3 Å². The molecule has 0 bridgehead atoms. The maximum atomic E-state index is 8.97. The number of hydrogen-bond donors (Lipinski definition) is 1. The van der Waals surface area contributed by atoms with E-state index in [0.717, 1.165) is 0 Å². The molecule has 0 heterocycles. The summed E-state index contributed by atoms with van der Waals surface area (Å²) in [6, 6.07) is 10.6. The molecule has 0 radical (unpaired) electrons. The SMILES string of the molecule is C[C@@H](c1ccccc1)[C@@H]1CC1CO. The fourth-order valence-corrected chi connectivity index (χ4v) is 2.10. The molecule has 1 heteroatoms. The number of aliphatic hydroxyl groups excluding tert-OH is 1. The molecule has 1 unspecified atom stereocenters. The van der Waals surface area contributed by atoms with Crippen molar-refractivity contribution in [2.75, 3.05) is 6.61 Å². The molecule has 13 heavy (non-hydrogen) atoms. The molecule has 1 aromatic rings. The van der Waals surface area contributed by atoms with Gasteiger partial charge in [-0.25, -0.2) is 0 Å². The summed E-state index contributed by atoms with van der Waals surface area (Å²) in [5.41, 5.74) is 1.41. The van der Waals surface area contributed by atoms with Crippen LogP contribution >= 0.6 is 0 Å². The van der Waals surface area contributed by atoms with Gasteiger partial charge in [0.2, 0.25) is 0 Å². The molecule has 1 fully saturated rings. The van der Waals surface area contributed by atoms with Crippen LogP contribution in [0.5, 0.6) is 0 Å². The van der Waals surface area contributed by atoms with Crippen molar-refractivity contribution >= 4 is 0 Å². The highest BCUT2D eigenvalue weighted by Gasteiger charge is 2.40. The average molecular weight is 176 g/mol. The van der Waals surface area contributed by atoms with Crippen molar-refractivity contribution in [2.24, 2.45) is 11.8 Å². The van der Waals surface area contributed by atoms with Gasteiger partial charge in [0.15, 0.2) is 0 Å². The third-order valence-electron chi connectivity index (χ3n) is 3.18. The minimum atomic E-state index is 0.363. The van der Waals surface area contributed by atoms with Gasteiger partial charge < -0.3 is 5.11 Å². The van der Waals surface area contributed by atoms with E-state index in [4.69, 9.17) is 5.11 Å². The van der Waals surface area contributed by atoms with E-state index in [9.17, 15) is 0 Å². The van der Waals surface area contributed by atoms with Crippen molar-refractivity contribution in [3.8, 4) is 0 Å². The molecule has 1 aliphatic rings. The van der Waals surface area contributed by atoms with Crippen LogP contribution in [0.2, 0.25) is 0 Å². The summed E-state index contributed by atoms with van der Waals surface area (Å²) in [4.78, 5) is 0. The molecule has 1 nitrogen and oxygen atoms in total. The fraction of sp³-hybridized carbons (Fsp3) is 0.500. The minimum Gasteiger partial charge on any atom is -0.396 e. The summed E-state index contributed by atoms with van der Waals surface area (Å²) in [6.07, 6.45) is 1.20. The molecule has 0 spiro atoms. The van der Waals surface area contributed by atoms with Crippen LogP contribution in [0.3, 0.4) is 0 Å². The quantitative estimate of drug-likeness (QED) is 0.750. The Morgan fingerprint density at radius 1 is 1.38 bits per heavy atom. The summed E-state index contributed by atoms with van der Waals surface area (Å²) in [7, 11) is 0. The van der Waals surface area contributed by atoms with Crippen molar-refractivity contribution in [3.63, 3.8) is 0 Å². The number of rotatable bonds is 3. The largest absolute Gasteiger partial charge is 0.396 e. The molecule has 1 aromatic carbocycles. The van der Waals surface area contributed by atoms with Crippen molar-refractivity contribution < 1.29 is 5.11 Å². The van der Waals surface area contributed by atoms with Gasteiger partial charge in [0.25, 0.3) is 0 Å². The van der Waals surface area contributed by atoms with Crippen LogP contribution in [-0.4, -0.2) is 11.7 Å². The van der Waals surface area contributed by atoms with Crippen LogP contribution in [0.15, 0.2) is 30.3 Å². The van der Waals surface area contributed by atoms with Gasteiger partial charge >= 0.3 is 0 Å². The highest BCUT2D eigenvalue weighted by Crippen LogP contribution is 2.47. The molecule has 0 saturated heterocycles. The summed E-state index contributed by atoms with van der Waals surface area (Å²) in [5.74, 6) is 1.89. The van der Waals surface area contributed by atoms with E-state index in [2.05, 4.69) is 31.2 Å². The predicted octanol–water partition coefficient (Wildman–Crippen LogP) is 2.42. The van der Waals surface area contributed by atoms with Gasteiger partial charge in [0, 0.05) is 6.61 Å². The van der Waals surface area contributed by atoms with Crippen molar-refractivity contribution in [2.45, 2.75) is 19.3 Å². The van der Waals surface area contributed by atoms with Crippen molar-refractivity contribution in [1.82, 2.24) is 0 Å². The van der Waals surface area contributed by atoms with E-state index < -0.39 is 0 Å². The van der Waals surface area contributed by atoms with E-state index in [1.807, 2.05) is 6.07 Å². The Morgan fingerprint density at radius 2 is 2.08 bits per heavy atom. The lowest BCUT2D eigenvalue weighted by Gasteiger charge is -2.10. The molecule has 0 amide bonds. The first-order valence-corrected chi connectivity index (χ1v) is 4.98. The van der Waals surface area contributed by atoms with E-state index in [1.54, 1.807) is 0 Å². The Hall–Kier alpha value is -0.820. The second kappa shape index (κ2) is 3.51. The Bertz CT molecular complexity index is 268. The van der Waals surface area contributed by atoms with Gasteiger partial charge in [-0.15, -0.1) is 0 Å². The fourth-order valence-electron chi connectivity index (χ4n) is 2.10. The average Bonchev–Trinajstić information content (AvgIpc) is 2.97. The summed E-state index contributed by atoms with van der Waals surface area (Å²) >= 11 is 0. The second-order valence-corrected chi connectivity index (χ2v) is 4.04. The molecule has 0 aromatic heterocycles. The highest BCUT2D eigenvalue weighted by atomic mass is 16.3. The Balaban J connectivity index is 2.03. The Kier molecular flexibility index (Phi) is 2.36. The van der Waals surface area contributed by atoms with Crippen LogP contribution in [0.1, 0.15) is 24.8 Å². The van der Waals surface area contributed by atoms with Gasteiger partial charge in [-0.05, 0) is 29.7 Å². The molecule has 2 rings (SSSR count). The van der Waals surface area contributed by atoms with Crippen LogP contribution in [-0.2, 0) is 0 Å². The topological polar surface area (TPSA) is 20.2 Å². The normalized spacial score (nSPS) is 28.5. The molecular weight excluding hydrogens is 160 g/mol. The monoisotopic (exact) mass is 176 g/mol. The second-order valence-electron chi connectivity index (χ2n) is 4.04. The molecule has 3 atom stereocenters. The lowest BCUT2D eigenvalue weighted by Crippen LogP contribution is -1.99. The summed E-state index contributed by atoms with van der Waals surface area (Å²) in [5, 5.41) is 8.97. The van der Waals surface area contributed by atoms with Crippen LogP contribution in [0.4, 0.5) is 0 Å². The zero-order valence-electron chi connectivity index (χ0n) is 7.98. The lowest BCUT2D eigenvalue weighted by molar-refractivity contribution is 0.265. The molecular formula is C12H16O. The number of benzene rings is 1. The minimum absolute atomic E-state index is 0.363. The van der Waals surface area contributed by atoms with Crippen LogP contribution < -0.4 is 0 Å². The standard InChI is InChI=1S/C12H16O/c1-9(12-7-11(12)8-13)10-5-3-2-4-6-10/h2-6,9,11-13H,7-8H2,1H3/t9-,11?,12-/m0/s1. The van der Waals surface area contributed by atoms with Crippen molar-refractivity contribution in [1.29, 1.82) is 0 Å². The smallest absolute Gasteiger partial charge is 0.0462 e. The Labute approximate surface area is 79.4 Å². The molecule has 70 valence electrons. The number of aliphatic hydroxyl groups is 1. The number of hydrogen-bond acceptors (Lipinski definition) is 1. The zero-order valence-corrected chi connectivity index (χ0v) is 7.98. The first-order valence-electron chi connectivity index (χ1n) is 4.98. The van der Waals surface area contributed by atoms with Crippen LogP contribution in [0.25, 0.3) is 0 Å². The van der Waals surface area contributed by atoms with E-state index in [1.165, 1.54) is 12.0 Å². The predicted molar refractivity (Wildman–Crippen MR) is 53.5 cm³/mol. The van der Waals surface area contributed by atoms with Crippen LogP contribution in [0, 0.1) is 11.8 Å². The zero-order chi connectivity index (χ0) is 9.26. The first-order chi connectivity index (χ1) is 6.33. The third kappa shape index (κ3) is 1.75. The molecule has 1 aliphatic carbocycles. The maximum Gasteiger partial charge on any atom is 0.0462 e. The molecule has 1 N–H and O–H groups in total. The molecule has 1 saturated carbocycles. The van der Waals surface area contributed by atoms with E-state index in [0.29, 0.717) is 24.4 Å². The van der Waals surface area contributed by atoms with E-state index in [-0.39, 0.29) is 0 Å². The third-order valence-corrected chi connectivity index (χ3v) is 3.18. The highest BCUT2D eigenvalue weighted by molar-refractivity contribution is 5.21. The maximum absolute atomic E-state index is 8.97. The Morgan fingerprint density at radius 3 is 2.62 bits per heavy atom. The van der Waals surface area contributed by atoms with Crippen molar-refractivity contribution in [3.05, 3.63) is 35.9 Å². The summed E-state index contributed by atoms with van der Waals surface area (Å²) in [6.45, 7) is 2.62. The van der Waals surface area contributed by atoms with Gasteiger partial charge in [0.05, 0.1) is 0 Å².